The Hall–Kier alpha value is -0.960. The Kier molecular flexibility index (Phi) is 5.96. The third-order valence-corrected chi connectivity index (χ3v) is 5.98. The highest BCUT2D eigenvalue weighted by molar-refractivity contribution is 9.10. The second kappa shape index (κ2) is 7.54. The summed E-state index contributed by atoms with van der Waals surface area (Å²) in [5.41, 5.74) is 0. The highest BCUT2D eigenvalue weighted by Gasteiger charge is 2.30. The van der Waals surface area contributed by atoms with Gasteiger partial charge in [-0.15, -0.1) is 0 Å². The van der Waals surface area contributed by atoms with Crippen molar-refractivity contribution < 1.29 is 18.3 Å². The van der Waals surface area contributed by atoms with Crippen LogP contribution in [-0.4, -0.2) is 50.0 Å². The lowest BCUT2D eigenvalue weighted by molar-refractivity contribution is -0.136. The summed E-state index contributed by atoms with van der Waals surface area (Å²) in [5, 5.41) is 11.5. The van der Waals surface area contributed by atoms with Crippen LogP contribution in [0, 0.1) is 5.92 Å². The van der Waals surface area contributed by atoms with E-state index in [-0.39, 0.29) is 17.4 Å². The Balaban J connectivity index is 2.03. The molecule has 0 saturated carbocycles. The average Bonchev–Trinajstić information content (AvgIpc) is 2.47. The Morgan fingerprint density at radius 1 is 1.45 bits per heavy atom. The van der Waals surface area contributed by atoms with Gasteiger partial charge in [0, 0.05) is 17.6 Å². The number of nitrogens with zero attached hydrogens (tertiary/aromatic N) is 1. The van der Waals surface area contributed by atoms with Crippen molar-refractivity contribution >= 4 is 31.9 Å². The lowest BCUT2D eigenvalue weighted by atomic mass is 10.00. The number of aliphatic carboxylic acids is 1. The molecule has 122 valence electrons. The van der Waals surface area contributed by atoms with E-state index in [1.807, 2.05) is 0 Å². The molecule has 1 atom stereocenters. The van der Waals surface area contributed by atoms with Crippen LogP contribution in [0.4, 0.5) is 0 Å². The predicted octanol–water partition coefficient (Wildman–Crippen LogP) is 1.52. The molecule has 2 rings (SSSR count). The van der Waals surface area contributed by atoms with Crippen molar-refractivity contribution in [2.24, 2.45) is 5.92 Å². The normalized spacial score (nSPS) is 20.0. The molecule has 0 aliphatic carbocycles. The molecule has 0 amide bonds. The summed E-state index contributed by atoms with van der Waals surface area (Å²) in [5.74, 6) is -0.774. The number of hydrogen-bond donors (Lipinski definition) is 2. The van der Waals surface area contributed by atoms with Crippen molar-refractivity contribution in [1.29, 1.82) is 0 Å². The summed E-state index contributed by atoms with van der Waals surface area (Å²) in [7, 11) is -3.50. The lowest BCUT2D eigenvalue weighted by Gasteiger charge is -2.32. The van der Waals surface area contributed by atoms with Gasteiger partial charge >= 0.3 is 5.97 Å². The number of hydrogen-bond acceptors (Lipinski definition) is 4. The van der Waals surface area contributed by atoms with Gasteiger partial charge in [0.1, 0.15) is 0 Å². The van der Waals surface area contributed by atoms with E-state index in [0.29, 0.717) is 19.6 Å². The molecule has 1 fully saturated rings. The minimum atomic E-state index is -3.50. The van der Waals surface area contributed by atoms with E-state index in [1.165, 1.54) is 4.31 Å². The number of carboxylic acid groups (broad SMARTS) is 1. The SMILES string of the molecule is O=C(O)CNCC1CCCN(S(=O)(=O)c2cccc(Br)c2)C1. The lowest BCUT2D eigenvalue weighted by Crippen LogP contribution is -2.43. The molecule has 1 aliphatic heterocycles. The molecule has 2 N–H and O–H groups in total. The van der Waals surface area contributed by atoms with Crippen LogP contribution in [0.25, 0.3) is 0 Å². The van der Waals surface area contributed by atoms with Crippen molar-refractivity contribution in [2.75, 3.05) is 26.2 Å². The van der Waals surface area contributed by atoms with Gasteiger partial charge in [-0.2, -0.15) is 4.31 Å². The van der Waals surface area contributed by atoms with Crippen LogP contribution >= 0.6 is 15.9 Å². The van der Waals surface area contributed by atoms with Crippen LogP contribution in [-0.2, 0) is 14.8 Å². The van der Waals surface area contributed by atoms with Crippen LogP contribution in [0.15, 0.2) is 33.6 Å². The van der Waals surface area contributed by atoms with Crippen molar-refractivity contribution in [2.45, 2.75) is 17.7 Å². The Morgan fingerprint density at radius 3 is 2.91 bits per heavy atom. The van der Waals surface area contributed by atoms with E-state index in [0.717, 1.165) is 17.3 Å². The van der Waals surface area contributed by atoms with Gasteiger partial charge in [-0.3, -0.25) is 4.79 Å². The summed E-state index contributed by atoms with van der Waals surface area (Å²) < 4.78 is 27.5. The van der Waals surface area contributed by atoms with E-state index < -0.39 is 16.0 Å². The Morgan fingerprint density at radius 2 is 2.23 bits per heavy atom. The molecule has 0 aromatic heterocycles. The van der Waals surface area contributed by atoms with Gasteiger partial charge < -0.3 is 10.4 Å². The fraction of sp³-hybridized carbons (Fsp3) is 0.500. The van der Waals surface area contributed by atoms with Crippen LogP contribution < -0.4 is 5.32 Å². The highest BCUT2D eigenvalue weighted by Crippen LogP contribution is 2.25. The molecular weight excluding hydrogens is 372 g/mol. The Labute approximate surface area is 138 Å². The molecule has 1 aromatic rings. The largest absolute Gasteiger partial charge is 0.480 e. The Bertz CT molecular complexity index is 635. The van der Waals surface area contributed by atoms with Gasteiger partial charge in [0.2, 0.25) is 10.0 Å². The summed E-state index contributed by atoms with van der Waals surface area (Å²) in [6, 6.07) is 6.68. The highest BCUT2D eigenvalue weighted by atomic mass is 79.9. The van der Waals surface area contributed by atoms with Crippen molar-refractivity contribution in [1.82, 2.24) is 9.62 Å². The number of sulfonamides is 1. The average molecular weight is 391 g/mol. The van der Waals surface area contributed by atoms with Gasteiger partial charge in [-0.25, -0.2) is 8.42 Å². The molecule has 1 aliphatic rings. The summed E-state index contributed by atoms with van der Waals surface area (Å²) in [6.07, 6.45) is 1.68. The van der Waals surface area contributed by atoms with Crippen LogP contribution in [0.3, 0.4) is 0 Å². The minimum Gasteiger partial charge on any atom is -0.480 e. The number of benzene rings is 1. The molecule has 0 bridgehead atoms. The maximum atomic E-state index is 12.7. The van der Waals surface area contributed by atoms with Gasteiger partial charge in [0.05, 0.1) is 11.4 Å². The van der Waals surface area contributed by atoms with Crippen molar-refractivity contribution in [3.63, 3.8) is 0 Å². The number of nitrogens with one attached hydrogen (secondary N) is 1. The molecular formula is C14H19BrN2O4S. The molecule has 0 spiro atoms. The van der Waals surface area contributed by atoms with Crippen LogP contribution in [0.1, 0.15) is 12.8 Å². The van der Waals surface area contributed by atoms with Gasteiger partial charge in [0.15, 0.2) is 0 Å². The molecule has 1 heterocycles. The van der Waals surface area contributed by atoms with E-state index in [9.17, 15) is 13.2 Å². The molecule has 1 aromatic carbocycles. The molecule has 8 heteroatoms. The number of rotatable bonds is 6. The topological polar surface area (TPSA) is 86.7 Å². The first-order valence-electron chi connectivity index (χ1n) is 7.08. The summed E-state index contributed by atoms with van der Waals surface area (Å²) in [6.45, 7) is 1.33. The van der Waals surface area contributed by atoms with E-state index in [2.05, 4.69) is 21.2 Å². The first-order valence-corrected chi connectivity index (χ1v) is 9.31. The maximum Gasteiger partial charge on any atom is 0.317 e. The smallest absolute Gasteiger partial charge is 0.317 e. The minimum absolute atomic E-state index is 0.102. The first kappa shape index (κ1) is 17.4. The van der Waals surface area contributed by atoms with Gasteiger partial charge in [-0.05, 0) is 43.5 Å². The summed E-state index contributed by atoms with van der Waals surface area (Å²) in [4.78, 5) is 10.8. The zero-order valence-corrected chi connectivity index (χ0v) is 14.4. The van der Waals surface area contributed by atoms with Crippen LogP contribution in [0.2, 0.25) is 0 Å². The zero-order chi connectivity index (χ0) is 16.2. The van der Waals surface area contributed by atoms with Crippen molar-refractivity contribution in [3.05, 3.63) is 28.7 Å². The van der Waals surface area contributed by atoms with E-state index in [1.54, 1.807) is 24.3 Å². The van der Waals surface area contributed by atoms with E-state index >= 15 is 0 Å². The summed E-state index contributed by atoms with van der Waals surface area (Å²) >= 11 is 3.29. The maximum absolute atomic E-state index is 12.7. The first-order chi connectivity index (χ1) is 10.4. The number of halogens is 1. The van der Waals surface area contributed by atoms with Crippen LogP contribution in [0.5, 0.6) is 0 Å². The fourth-order valence-corrected chi connectivity index (χ4v) is 4.72. The fourth-order valence-electron chi connectivity index (χ4n) is 2.57. The predicted molar refractivity (Wildman–Crippen MR) is 86.1 cm³/mol. The molecule has 6 nitrogen and oxygen atoms in total. The third kappa shape index (κ3) is 4.52. The third-order valence-electron chi connectivity index (χ3n) is 3.62. The molecule has 0 radical (unpaired) electrons. The number of carbonyl (C=O) groups is 1. The quantitative estimate of drug-likeness (QED) is 0.768. The zero-order valence-electron chi connectivity index (χ0n) is 12.0. The van der Waals surface area contributed by atoms with E-state index in [4.69, 9.17) is 5.11 Å². The van der Waals surface area contributed by atoms with Gasteiger partial charge in [-0.1, -0.05) is 22.0 Å². The monoisotopic (exact) mass is 390 g/mol. The van der Waals surface area contributed by atoms with Gasteiger partial charge in [0.25, 0.3) is 0 Å². The molecule has 1 saturated heterocycles. The molecule has 1 unspecified atom stereocenters. The number of carboxylic acids is 1. The molecule has 22 heavy (non-hydrogen) atoms. The standard InChI is InChI=1S/C14H19BrN2O4S/c15-12-4-1-5-13(7-12)22(20,21)17-6-2-3-11(10-17)8-16-9-14(18)19/h1,4-5,7,11,16H,2-3,6,8-10H2,(H,18,19). The number of piperidine rings is 1. The van der Waals surface area contributed by atoms with Crippen molar-refractivity contribution in [3.8, 4) is 0 Å². The second-order valence-electron chi connectivity index (χ2n) is 5.35. The second-order valence-corrected chi connectivity index (χ2v) is 8.21.